The van der Waals surface area contributed by atoms with Gasteiger partial charge in [0.25, 0.3) is 0 Å². The summed E-state index contributed by atoms with van der Waals surface area (Å²) < 4.78 is 12.7. The minimum absolute atomic E-state index is 0.156. The largest absolute Gasteiger partial charge is 0.454 e. The van der Waals surface area contributed by atoms with Gasteiger partial charge in [-0.3, -0.25) is 0 Å². The SMILES string of the molecule is Brc1cc2c(cc1C(c1c(-c3ccccc3)[nH]c3ccccc13)c1c(-c3ccccc3)[nH]c3ccccc13)OCO2. The number of fused-ring (bicyclic) bond motifs is 3. The Bertz CT molecular complexity index is 1930. The molecule has 3 heterocycles. The van der Waals surface area contributed by atoms with Crippen LogP contribution in [0.2, 0.25) is 0 Å². The molecule has 1 aliphatic heterocycles. The van der Waals surface area contributed by atoms with Crippen molar-refractivity contribution < 1.29 is 9.47 Å². The van der Waals surface area contributed by atoms with E-state index >= 15 is 0 Å². The van der Waals surface area contributed by atoms with Gasteiger partial charge in [-0.05, 0) is 52.1 Å². The summed E-state index contributed by atoms with van der Waals surface area (Å²) in [6, 6.07) is 42.5. The molecule has 4 nitrogen and oxygen atoms in total. The molecule has 41 heavy (non-hydrogen) atoms. The second-order valence-electron chi connectivity index (χ2n) is 10.3. The maximum absolute atomic E-state index is 5.93. The summed E-state index contributed by atoms with van der Waals surface area (Å²) in [5.74, 6) is 1.36. The molecule has 0 unspecified atom stereocenters. The molecule has 0 saturated heterocycles. The van der Waals surface area contributed by atoms with Gasteiger partial charge in [-0.15, -0.1) is 0 Å². The third kappa shape index (κ3) is 3.96. The fraction of sp³-hybridized carbons (Fsp3) is 0.0556. The first kappa shape index (κ1) is 24.1. The van der Waals surface area contributed by atoms with Crippen molar-refractivity contribution in [1.82, 2.24) is 9.97 Å². The van der Waals surface area contributed by atoms with Crippen LogP contribution in [0.25, 0.3) is 44.3 Å². The minimum Gasteiger partial charge on any atom is -0.454 e. The third-order valence-corrected chi connectivity index (χ3v) is 8.68. The number of halogens is 1. The van der Waals surface area contributed by atoms with Crippen LogP contribution < -0.4 is 9.47 Å². The van der Waals surface area contributed by atoms with Crippen molar-refractivity contribution in [3.05, 3.63) is 142 Å². The zero-order valence-corrected chi connectivity index (χ0v) is 23.6. The molecule has 1 aliphatic rings. The highest BCUT2D eigenvalue weighted by molar-refractivity contribution is 9.10. The molecule has 0 bridgehead atoms. The topological polar surface area (TPSA) is 50.0 Å². The molecule has 2 aromatic heterocycles. The lowest BCUT2D eigenvalue weighted by atomic mass is 9.80. The highest BCUT2D eigenvalue weighted by atomic mass is 79.9. The highest BCUT2D eigenvalue weighted by Gasteiger charge is 2.32. The third-order valence-electron chi connectivity index (χ3n) is 8.00. The van der Waals surface area contributed by atoms with Crippen LogP contribution in [0.15, 0.2) is 126 Å². The van der Waals surface area contributed by atoms with E-state index in [-0.39, 0.29) is 12.7 Å². The molecule has 7 aromatic rings. The lowest BCUT2D eigenvalue weighted by Crippen LogP contribution is -2.07. The van der Waals surface area contributed by atoms with E-state index in [1.807, 2.05) is 6.07 Å². The van der Waals surface area contributed by atoms with Gasteiger partial charge in [0.2, 0.25) is 6.79 Å². The summed E-state index contributed by atoms with van der Waals surface area (Å²) in [6.07, 6.45) is 0. The minimum atomic E-state index is -0.156. The second kappa shape index (κ2) is 9.72. The van der Waals surface area contributed by atoms with Gasteiger partial charge in [0, 0.05) is 32.2 Å². The van der Waals surface area contributed by atoms with Crippen LogP contribution in [0.3, 0.4) is 0 Å². The number of hydrogen-bond acceptors (Lipinski definition) is 2. The van der Waals surface area contributed by atoms with Crippen molar-refractivity contribution >= 4 is 37.7 Å². The van der Waals surface area contributed by atoms with Crippen molar-refractivity contribution in [3.63, 3.8) is 0 Å². The van der Waals surface area contributed by atoms with Gasteiger partial charge in [-0.1, -0.05) is 113 Å². The normalized spacial score (nSPS) is 12.5. The summed E-state index contributed by atoms with van der Waals surface area (Å²) >= 11 is 3.96. The number of rotatable bonds is 5. The molecule has 5 aromatic carbocycles. The van der Waals surface area contributed by atoms with E-state index in [0.717, 1.165) is 55.1 Å². The predicted octanol–water partition coefficient (Wildman–Crippen LogP) is 9.65. The molecule has 0 spiro atoms. The molecule has 0 fully saturated rings. The Hall–Kier alpha value is -4.74. The molecule has 0 aliphatic carbocycles. The smallest absolute Gasteiger partial charge is 0.231 e. The maximum atomic E-state index is 5.93. The first-order valence-corrected chi connectivity index (χ1v) is 14.5. The number of aromatic amines is 2. The van der Waals surface area contributed by atoms with E-state index in [9.17, 15) is 0 Å². The van der Waals surface area contributed by atoms with Crippen LogP contribution in [0.5, 0.6) is 11.5 Å². The number of hydrogen-bond donors (Lipinski definition) is 2. The summed E-state index contributed by atoms with van der Waals surface area (Å²) in [4.78, 5) is 7.58. The lowest BCUT2D eigenvalue weighted by Gasteiger charge is -2.23. The number of aromatic nitrogens is 2. The average molecular weight is 598 g/mol. The number of para-hydroxylation sites is 2. The first-order chi connectivity index (χ1) is 20.3. The van der Waals surface area contributed by atoms with Crippen LogP contribution in [-0.4, -0.2) is 16.8 Å². The molecule has 0 saturated carbocycles. The van der Waals surface area contributed by atoms with Gasteiger partial charge < -0.3 is 19.4 Å². The average Bonchev–Trinajstić information content (AvgIpc) is 3.74. The zero-order chi connectivity index (χ0) is 27.3. The molecular formula is C36H25BrN2O2. The van der Waals surface area contributed by atoms with Crippen molar-refractivity contribution in [2.24, 2.45) is 0 Å². The van der Waals surface area contributed by atoms with E-state index in [2.05, 4.69) is 141 Å². The number of ether oxygens (including phenoxy) is 2. The Kier molecular flexibility index (Phi) is 5.71. The molecule has 0 atom stereocenters. The molecule has 198 valence electrons. The first-order valence-electron chi connectivity index (χ1n) is 13.7. The maximum Gasteiger partial charge on any atom is 0.231 e. The van der Waals surface area contributed by atoms with Crippen molar-refractivity contribution in [1.29, 1.82) is 0 Å². The Morgan fingerprint density at radius 2 is 1.02 bits per heavy atom. The monoisotopic (exact) mass is 596 g/mol. The van der Waals surface area contributed by atoms with Gasteiger partial charge in [0.1, 0.15) is 0 Å². The van der Waals surface area contributed by atoms with E-state index in [1.54, 1.807) is 0 Å². The quantitative estimate of drug-likeness (QED) is 0.208. The van der Waals surface area contributed by atoms with Crippen LogP contribution >= 0.6 is 15.9 Å². The van der Waals surface area contributed by atoms with E-state index < -0.39 is 0 Å². The standard InChI is InChI=1S/C36H25BrN2O2/c37-27-20-31-30(40-21-41-31)19-26(27)32(33-24-15-7-9-17-28(24)38-35(33)22-11-3-1-4-12-22)34-25-16-8-10-18-29(25)39-36(34)23-13-5-2-6-14-23/h1-20,32,38-39H,21H2. The summed E-state index contributed by atoms with van der Waals surface area (Å²) in [5, 5.41) is 2.37. The summed E-state index contributed by atoms with van der Waals surface area (Å²) in [7, 11) is 0. The van der Waals surface area contributed by atoms with Gasteiger partial charge in [-0.2, -0.15) is 0 Å². The van der Waals surface area contributed by atoms with E-state index in [1.165, 1.54) is 21.9 Å². The molecule has 8 rings (SSSR count). The van der Waals surface area contributed by atoms with Crippen molar-refractivity contribution in [2.45, 2.75) is 5.92 Å². The van der Waals surface area contributed by atoms with Gasteiger partial charge in [0.05, 0.1) is 11.4 Å². The summed E-state index contributed by atoms with van der Waals surface area (Å²) in [6.45, 7) is 0.223. The van der Waals surface area contributed by atoms with Gasteiger partial charge >= 0.3 is 0 Å². The van der Waals surface area contributed by atoms with E-state index in [4.69, 9.17) is 9.47 Å². The van der Waals surface area contributed by atoms with Gasteiger partial charge in [0.15, 0.2) is 11.5 Å². The Morgan fingerprint density at radius 1 is 0.561 bits per heavy atom. The molecular weight excluding hydrogens is 572 g/mol. The van der Waals surface area contributed by atoms with E-state index in [0.29, 0.717) is 0 Å². The van der Waals surface area contributed by atoms with Crippen LogP contribution in [0.1, 0.15) is 22.6 Å². The fourth-order valence-corrected chi connectivity index (χ4v) is 6.75. The molecule has 0 amide bonds. The Labute approximate surface area is 245 Å². The van der Waals surface area contributed by atoms with Crippen LogP contribution in [-0.2, 0) is 0 Å². The van der Waals surface area contributed by atoms with Crippen LogP contribution in [0, 0.1) is 0 Å². The highest BCUT2D eigenvalue weighted by Crippen LogP contribution is 2.51. The molecule has 5 heteroatoms. The number of benzene rings is 5. The van der Waals surface area contributed by atoms with Crippen molar-refractivity contribution in [3.8, 4) is 34.0 Å². The Balaban J connectivity index is 1.53. The molecule has 0 radical (unpaired) electrons. The number of H-pyrrole nitrogens is 2. The Morgan fingerprint density at radius 3 is 1.56 bits per heavy atom. The fourth-order valence-electron chi connectivity index (χ4n) is 6.20. The summed E-state index contributed by atoms with van der Waals surface area (Å²) in [5.41, 5.74) is 10.2. The second-order valence-corrected chi connectivity index (χ2v) is 11.2. The van der Waals surface area contributed by atoms with Crippen molar-refractivity contribution in [2.75, 3.05) is 6.79 Å². The van der Waals surface area contributed by atoms with Crippen LogP contribution in [0.4, 0.5) is 0 Å². The predicted molar refractivity (Wildman–Crippen MR) is 169 cm³/mol. The lowest BCUT2D eigenvalue weighted by molar-refractivity contribution is 0.174. The number of nitrogens with one attached hydrogen (secondary N) is 2. The molecule has 2 N–H and O–H groups in total. The van der Waals surface area contributed by atoms with Gasteiger partial charge in [-0.25, -0.2) is 0 Å². The zero-order valence-electron chi connectivity index (χ0n) is 22.0.